The van der Waals surface area contributed by atoms with Crippen LogP contribution in [-0.4, -0.2) is 60.2 Å². The maximum Gasteiger partial charge on any atom is 0.270 e. The van der Waals surface area contributed by atoms with Gasteiger partial charge in [0.2, 0.25) is 21.8 Å². The van der Waals surface area contributed by atoms with E-state index in [4.69, 9.17) is 22.3 Å². The molecule has 0 unspecified atom stereocenters. The van der Waals surface area contributed by atoms with Crippen molar-refractivity contribution in [3.05, 3.63) is 58.1 Å². The van der Waals surface area contributed by atoms with Crippen LogP contribution in [0.5, 0.6) is 5.75 Å². The van der Waals surface area contributed by atoms with E-state index in [0.29, 0.717) is 0 Å². The van der Waals surface area contributed by atoms with Crippen LogP contribution in [0.2, 0.25) is 0 Å². The zero-order valence-corrected chi connectivity index (χ0v) is 19.0. The third-order valence-electron chi connectivity index (χ3n) is 5.03. The number of anilines is 1. The van der Waals surface area contributed by atoms with Gasteiger partial charge in [-0.1, -0.05) is 0 Å². The zero-order chi connectivity index (χ0) is 24.3. The summed E-state index contributed by atoms with van der Waals surface area (Å²) in [6.07, 6.45) is 1.82. The molecule has 0 atom stereocenters. The van der Waals surface area contributed by atoms with Crippen molar-refractivity contribution in [2.75, 3.05) is 26.2 Å². The Hall–Kier alpha value is -3.35. The van der Waals surface area contributed by atoms with E-state index in [1.54, 1.807) is 24.3 Å². The number of ether oxygens (including phenoxy) is 1. The highest BCUT2D eigenvalue weighted by Gasteiger charge is 2.44. The van der Waals surface area contributed by atoms with Crippen LogP contribution in [0.15, 0.2) is 47.6 Å². The fourth-order valence-corrected chi connectivity index (χ4v) is 3.37. The Morgan fingerprint density at radius 1 is 1.22 bits per heavy atom. The van der Waals surface area contributed by atoms with Gasteiger partial charge >= 0.3 is 0 Å². The van der Waals surface area contributed by atoms with E-state index in [2.05, 4.69) is 5.10 Å². The Morgan fingerprint density at radius 2 is 1.78 bits per heavy atom. The molecule has 32 heavy (non-hydrogen) atoms. The molecule has 12 heteroatoms. The maximum absolute atomic E-state index is 11.1. The van der Waals surface area contributed by atoms with E-state index in [9.17, 15) is 10.1 Å². The Kier molecular flexibility index (Phi) is 7.34. The highest BCUT2D eigenvalue weighted by atomic mass is 32.3. The molecule has 1 N–H and O–H groups in total. The number of hydrazone groups is 1. The minimum Gasteiger partial charge on any atom is -0.726 e. The summed E-state index contributed by atoms with van der Waals surface area (Å²) in [4.78, 5) is 10.8. The number of non-ortho nitro benzene ring substituents is 1. The summed E-state index contributed by atoms with van der Waals surface area (Å²) in [6.45, 7) is 4.10. The molecule has 0 aromatic heterocycles. The fourth-order valence-electron chi connectivity index (χ4n) is 3.37. The zero-order valence-electron chi connectivity index (χ0n) is 18.2. The summed E-state index contributed by atoms with van der Waals surface area (Å²) in [7, 11) is 0.542. The van der Waals surface area contributed by atoms with Crippen LogP contribution in [0.25, 0.3) is 0 Å². The van der Waals surface area contributed by atoms with Gasteiger partial charge in [-0.05, 0) is 38.1 Å². The first kappa shape index (κ1) is 24.9. The molecule has 0 aliphatic carbocycles. The minimum atomic E-state index is -4.92. The van der Waals surface area contributed by atoms with Crippen molar-refractivity contribution in [2.24, 2.45) is 5.10 Å². The Labute approximate surface area is 186 Å². The summed E-state index contributed by atoms with van der Waals surface area (Å²) in [6, 6.07) is 12.6. The van der Waals surface area contributed by atoms with Crippen LogP contribution >= 0.6 is 0 Å². The lowest BCUT2D eigenvalue weighted by molar-refractivity contribution is -0.401. The summed E-state index contributed by atoms with van der Waals surface area (Å²) >= 11 is 0. The van der Waals surface area contributed by atoms with Crippen LogP contribution in [-0.2, 0) is 15.8 Å². The first-order valence-corrected chi connectivity index (χ1v) is 10.6. The first-order valence-electron chi connectivity index (χ1n) is 9.26. The minimum absolute atomic E-state index is 0.101. The quantitative estimate of drug-likeness (QED) is 0.177. The van der Waals surface area contributed by atoms with E-state index in [-0.39, 0.29) is 16.0 Å². The van der Waals surface area contributed by atoms with Gasteiger partial charge in [0.1, 0.15) is 19.0 Å². The summed E-state index contributed by atoms with van der Waals surface area (Å²) < 4.78 is 40.0. The van der Waals surface area contributed by atoms with Crippen LogP contribution in [0.4, 0.5) is 17.1 Å². The van der Waals surface area contributed by atoms with E-state index in [1.807, 2.05) is 63.0 Å². The molecule has 2 aromatic carbocycles. The van der Waals surface area contributed by atoms with Crippen LogP contribution in [0.3, 0.4) is 0 Å². The molecular weight excluding hydrogens is 440 g/mol. The van der Waals surface area contributed by atoms with Crippen molar-refractivity contribution >= 4 is 39.4 Å². The molecule has 172 valence electrons. The van der Waals surface area contributed by atoms with E-state index >= 15 is 0 Å². The molecule has 0 radical (unpaired) electrons. The highest BCUT2D eigenvalue weighted by Crippen LogP contribution is 2.40. The summed E-state index contributed by atoms with van der Waals surface area (Å²) in [5.74, 6) is 0.791. The second-order valence-electron chi connectivity index (χ2n) is 7.42. The number of nitrogens with zero attached hydrogens (tertiary/aromatic N) is 4. The third kappa shape index (κ3) is 5.87. The standard InChI is InChI=1S/C20H23N4O3.H2O4S/c1-20(2)17-12-15(24(25)26)8-11-18(17)22(3)19(20)13-21-23(4)14-6-9-16(27-5)10-7-14;1-5(2,3)4/h6-13H,1-5H3;(H2,1,2,3,4)/q+1;/p-1. The van der Waals surface area contributed by atoms with Gasteiger partial charge in [0, 0.05) is 30.8 Å². The number of methoxy groups -OCH3 is 1. The number of hydrogen-bond acceptors (Lipinski definition) is 8. The molecule has 0 saturated carbocycles. The SMILES string of the molecule is COc1ccc(N(C)N=CC2=[N+](C)c3ccc([N+](=O)[O-])cc3C2(C)C)cc1.O=S(=O)([O-])O. The van der Waals surface area contributed by atoms with Crippen molar-refractivity contribution in [3.63, 3.8) is 0 Å². The fraction of sp³-hybridized carbons (Fsp3) is 0.300. The predicted octanol–water partition coefficient (Wildman–Crippen LogP) is 2.74. The molecule has 0 bridgehead atoms. The van der Waals surface area contributed by atoms with Crippen molar-refractivity contribution in [1.29, 1.82) is 0 Å². The number of fused-ring (bicyclic) bond motifs is 1. The number of nitro groups is 1. The van der Waals surface area contributed by atoms with Gasteiger partial charge < -0.3 is 9.29 Å². The van der Waals surface area contributed by atoms with Crippen molar-refractivity contribution in [3.8, 4) is 5.75 Å². The highest BCUT2D eigenvalue weighted by molar-refractivity contribution is 7.79. The van der Waals surface area contributed by atoms with Crippen molar-refractivity contribution in [1.82, 2.24) is 0 Å². The molecule has 11 nitrogen and oxygen atoms in total. The Bertz CT molecular complexity index is 1160. The molecule has 0 saturated heterocycles. The van der Waals surface area contributed by atoms with Gasteiger partial charge in [0.15, 0.2) is 0 Å². The molecular formula is C20H24N4O7S. The number of hydrogen-bond donors (Lipinski definition) is 1. The molecule has 1 heterocycles. The molecule has 0 amide bonds. The molecule has 3 rings (SSSR count). The Morgan fingerprint density at radius 3 is 2.28 bits per heavy atom. The lowest BCUT2D eigenvalue weighted by Gasteiger charge is -2.16. The molecule has 2 aromatic rings. The third-order valence-corrected chi connectivity index (χ3v) is 5.03. The smallest absolute Gasteiger partial charge is 0.270 e. The number of benzene rings is 2. The second kappa shape index (κ2) is 9.42. The van der Waals surface area contributed by atoms with Gasteiger partial charge in [0.25, 0.3) is 5.69 Å². The van der Waals surface area contributed by atoms with Gasteiger partial charge in [0.05, 0.1) is 23.1 Å². The monoisotopic (exact) mass is 464 g/mol. The molecule has 1 aliphatic heterocycles. The van der Waals surface area contributed by atoms with Crippen LogP contribution in [0.1, 0.15) is 19.4 Å². The van der Waals surface area contributed by atoms with Crippen molar-refractivity contribution < 1.29 is 31.8 Å². The van der Waals surface area contributed by atoms with Gasteiger partial charge in [-0.25, -0.2) is 8.42 Å². The molecule has 0 spiro atoms. The lowest BCUT2D eigenvalue weighted by Crippen LogP contribution is -2.30. The average Bonchev–Trinajstić information content (AvgIpc) is 2.90. The van der Waals surface area contributed by atoms with Gasteiger partial charge in [-0.2, -0.15) is 9.68 Å². The van der Waals surface area contributed by atoms with E-state index < -0.39 is 10.4 Å². The predicted molar refractivity (Wildman–Crippen MR) is 119 cm³/mol. The topological polar surface area (TPSA) is 148 Å². The largest absolute Gasteiger partial charge is 0.726 e. The first-order chi connectivity index (χ1) is 14.8. The molecule has 1 aliphatic rings. The summed E-state index contributed by atoms with van der Waals surface area (Å²) in [5, 5.41) is 17.5. The van der Waals surface area contributed by atoms with Crippen molar-refractivity contribution in [2.45, 2.75) is 19.3 Å². The van der Waals surface area contributed by atoms with Gasteiger partial charge in [-0.15, -0.1) is 0 Å². The van der Waals surface area contributed by atoms with E-state index in [0.717, 1.165) is 28.4 Å². The molecule has 0 fully saturated rings. The Balaban J connectivity index is 0.000000654. The second-order valence-corrected chi connectivity index (χ2v) is 8.28. The van der Waals surface area contributed by atoms with E-state index in [1.165, 1.54) is 6.07 Å². The average molecular weight is 465 g/mol. The van der Waals surface area contributed by atoms with Crippen LogP contribution in [0, 0.1) is 10.1 Å². The lowest BCUT2D eigenvalue weighted by atomic mass is 9.82. The normalized spacial score (nSPS) is 14.6. The van der Waals surface area contributed by atoms with Gasteiger partial charge in [-0.3, -0.25) is 19.7 Å². The number of rotatable bonds is 5. The maximum atomic E-state index is 11.1. The van der Waals surface area contributed by atoms with Crippen LogP contribution < -0.4 is 9.75 Å². The summed E-state index contributed by atoms with van der Waals surface area (Å²) in [5.41, 5.74) is 3.49. The number of nitro benzene ring substituents is 1.